The summed E-state index contributed by atoms with van der Waals surface area (Å²) in [7, 11) is 0. The molecule has 0 bridgehead atoms. The van der Waals surface area contributed by atoms with Crippen LogP contribution in [0.3, 0.4) is 0 Å². The maximum atomic E-state index is 12.2. The second kappa shape index (κ2) is 20.9. The molecule has 1 rings (SSSR count). The summed E-state index contributed by atoms with van der Waals surface area (Å²) in [5, 5.41) is 21.1. The molecule has 0 unspecified atom stereocenters. The van der Waals surface area contributed by atoms with Crippen molar-refractivity contribution < 1.29 is 24.5 Å². The van der Waals surface area contributed by atoms with E-state index in [4.69, 9.17) is 14.6 Å². The number of carbonyl (C=O) groups excluding carboxylic acids is 1. The van der Waals surface area contributed by atoms with Crippen molar-refractivity contribution in [3.63, 3.8) is 0 Å². The van der Waals surface area contributed by atoms with Gasteiger partial charge in [0.25, 0.3) is 0 Å². The van der Waals surface area contributed by atoms with Crippen LogP contribution in [0.1, 0.15) is 75.1 Å². The van der Waals surface area contributed by atoms with Gasteiger partial charge in [0.1, 0.15) is 5.75 Å². The van der Waals surface area contributed by atoms with Crippen LogP contribution in [0.4, 0.5) is 0 Å². The molecule has 7 nitrogen and oxygen atoms in total. The van der Waals surface area contributed by atoms with E-state index < -0.39 is 0 Å². The third-order valence-electron chi connectivity index (χ3n) is 5.52. The third-order valence-corrected chi connectivity index (χ3v) is 5.52. The molecule has 7 heteroatoms. The Labute approximate surface area is 200 Å². The van der Waals surface area contributed by atoms with E-state index in [1.54, 1.807) is 12.1 Å². The number of rotatable bonds is 22. The number of esters is 1. The Balaban J connectivity index is 2.12. The molecule has 0 aliphatic carbocycles. The molecular formula is C26H46N2O5. The van der Waals surface area contributed by atoms with E-state index in [0.717, 1.165) is 51.1 Å². The molecule has 0 aliphatic heterocycles. The van der Waals surface area contributed by atoms with Crippen molar-refractivity contribution in [1.29, 1.82) is 0 Å². The predicted octanol–water partition coefficient (Wildman–Crippen LogP) is 3.63. The van der Waals surface area contributed by atoms with Gasteiger partial charge in [0, 0.05) is 26.2 Å². The monoisotopic (exact) mass is 466 g/mol. The van der Waals surface area contributed by atoms with Crippen LogP contribution in [-0.2, 0) is 4.74 Å². The van der Waals surface area contributed by atoms with Crippen molar-refractivity contribution in [3.05, 3.63) is 29.8 Å². The number of carbonyl (C=O) groups is 1. The largest absolute Gasteiger partial charge is 0.494 e. The summed E-state index contributed by atoms with van der Waals surface area (Å²) in [6.45, 7) is 7.39. The van der Waals surface area contributed by atoms with Crippen LogP contribution in [0.5, 0.6) is 5.75 Å². The van der Waals surface area contributed by atoms with E-state index in [1.165, 1.54) is 32.1 Å². The van der Waals surface area contributed by atoms with E-state index in [0.29, 0.717) is 31.9 Å². The summed E-state index contributed by atoms with van der Waals surface area (Å²) in [6, 6.07) is 7.19. The molecule has 0 aliphatic rings. The van der Waals surface area contributed by atoms with Crippen LogP contribution >= 0.6 is 0 Å². The summed E-state index contributed by atoms with van der Waals surface area (Å²) < 4.78 is 11.2. The number of nitrogens with one attached hydrogen (secondary N) is 1. The van der Waals surface area contributed by atoms with Crippen LogP contribution in [-0.4, -0.2) is 80.2 Å². The zero-order valence-corrected chi connectivity index (χ0v) is 20.6. The van der Waals surface area contributed by atoms with Gasteiger partial charge in [-0.2, -0.15) is 0 Å². The standard InChI is InChI=1S/C26H46N2O5/c1-2-3-4-5-6-9-22-32-25-13-11-24(12-14-25)26(31)33-23-10-7-8-17-28(19-21-30)18-15-27-16-20-29/h11-14,27,29-30H,2-10,15-23H2,1H3. The highest BCUT2D eigenvalue weighted by Crippen LogP contribution is 2.14. The summed E-state index contributed by atoms with van der Waals surface area (Å²) in [5.41, 5.74) is 0.548. The minimum Gasteiger partial charge on any atom is -0.494 e. The van der Waals surface area contributed by atoms with E-state index in [9.17, 15) is 9.90 Å². The lowest BCUT2D eigenvalue weighted by Gasteiger charge is -2.21. The average Bonchev–Trinajstić information content (AvgIpc) is 2.83. The minimum atomic E-state index is -0.297. The van der Waals surface area contributed by atoms with E-state index in [1.807, 2.05) is 12.1 Å². The molecule has 0 aromatic heterocycles. The molecule has 0 atom stereocenters. The second-order valence-electron chi connectivity index (χ2n) is 8.38. The summed E-state index contributed by atoms with van der Waals surface area (Å²) >= 11 is 0. The van der Waals surface area contributed by atoms with Gasteiger partial charge in [-0.1, -0.05) is 39.0 Å². The van der Waals surface area contributed by atoms with Gasteiger partial charge in [0.05, 0.1) is 32.0 Å². The highest BCUT2D eigenvalue weighted by Gasteiger charge is 2.08. The van der Waals surface area contributed by atoms with Crippen LogP contribution in [0, 0.1) is 0 Å². The van der Waals surface area contributed by atoms with Crippen molar-refractivity contribution in [2.45, 2.75) is 64.7 Å². The first-order chi connectivity index (χ1) is 16.2. The number of benzene rings is 1. The van der Waals surface area contributed by atoms with Gasteiger partial charge in [-0.25, -0.2) is 4.79 Å². The molecule has 33 heavy (non-hydrogen) atoms. The second-order valence-corrected chi connectivity index (χ2v) is 8.38. The van der Waals surface area contributed by atoms with Crippen LogP contribution in [0.25, 0.3) is 0 Å². The minimum absolute atomic E-state index is 0.135. The molecular weight excluding hydrogens is 420 g/mol. The zero-order valence-electron chi connectivity index (χ0n) is 20.6. The van der Waals surface area contributed by atoms with Crippen molar-refractivity contribution in [2.75, 3.05) is 59.2 Å². The number of hydrogen-bond donors (Lipinski definition) is 3. The first-order valence-electron chi connectivity index (χ1n) is 12.8. The predicted molar refractivity (Wildman–Crippen MR) is 133 cm³/mol. The van der Waals surface area contributed by atoms with Crippen LogP contribution in [0.15, 0.2) is 24.3 Å². The van der Waals surface area contributed by atoms with Gasteiger partial charge in [-0.05, 0) is 56.5 Å². The summed E-state index contributed by atoms with van der Waals surface area (Å²) in [5.74, 6) is 0.494. The van der Waals surface area contributed by atoms with E-state index >= 15 is 0 Å². The third kappa shape index (κ3) is 15.7. The molecule has 1 aromatic carbocycles. The maximum absolute atomic E-state index is 12.2. The normalized spacial score (nSPS) is 11.2. The first-order valence-corrected chi connectivity index (χ1v) is 12.8. The van der Waals surface area contributed by atoms with Crippen molar-refractivity contribution in [2.24, 2.45) is 0 Å². The Hall–Kier alpha value is -1.67. The fourth-order valence-corrected chi connectivity index (χ4v) is 3.54. The molecule has 0 saturated carbocycles. The molecule has 190 valence electrons. The number of ether oxygens (including phenoxy) is 2. The molecule has 0 saturated heterocycles. The van der Waals surface area contributed by atoms with Crippen molar-refractivity contribution in [1.82, 2.24) is 10.2 Å². The lowest BCUT2D eigenvalue weighted by Crippen LogP contribution is -2.35. The highest BCUT2D eigenvalue weighted by molar-refractivity contribution is 5.89. The fraction of sp³-hybridized carbons (Fsp3) is 0.731. The summed E-state index contributed by atoms with van der Waals surface area (Å²) in [6.07, 6.45) is 10.2. The lowest BCUT2D eigenvalue weighted by atomic mass is 10.1. The Morgan fingerprint density at radius 1 is 0.818 bits per heavy atom. The maximum Gasteiger partial charge on any atom is 0.338 e. The number of aliphatic hydroxyl groups is 2. The van der Waals surface area contributed by atoms with Gasteiger partial charge in [-0.3, -0.25) is 4.90 Å². The number of unbranched alkanes of at least 4 members (excludes halogenated alkanes) is 7. The van der Waals surface area contributed by atoms with Crippen molar-refractivity contribution in [3.8, 4) is 5.75 Å². The number of nitrogens with zero attached hydrogens (tertiary/aromatic N) is 1. The van der Waals surface area contributed by atoms with E-state index in [-0.39, 0.29) is 19.2 Å². The molecule has 0 amide bonds. The van der Waals surface area contributed by atoms with Crippen molar-refractivity contribution >= 4 is 5.97 Å². The molecule has 0 heterocycles. The van der Waals surface area contributed by atoms with Crippen LogP contribution < -0.4 is 10.1 Å². The highest BCUT2D eigenvalue weighted by atomic mass is 16.5. The number of hydrogen-bond acceptors (Lipinski definition) is 7. The Morgan fingerprint density at radius 3 is 2.24 bits per heavy atom. The lowest BCUT2D eigenvalue weighted by molar-refractivity contribution is 0.0496. The quantitative estimate of drug-likeness (QED) is 0.178. The van der Waals surface area contributed by atoms with E-state index in [2.05, 4.69) is 17.1 Å². The Kier molecular flexibility index (Phi) is 18.6. The summed E-state index contributed by atoms with van der Waals surface area (Å²) in [4.78, 5) is 14.4. The van der Waals surface area contributed by atoms with Gasteiger partial charge in [0.15, 0.2) is 0 Å². The molecule has 0 fully saturated rings. The SMILES string of the molecule is CCCCCCCCOc1ccc(C(=O)OCCCCCN(CCO)CCNCCO)cc1. The number of aliphatic hydroxyl groups excluding tert-OH is 2. The average molecular weight is 467 g/mol. The first kappa shape index (κ1) is 29.4. The Morgan fingerprint density at radius 2 is 1.52 bits per heavy atom. The van der Waals surface area contributed by atoms with Gasteiger partial charge in [-0.15, -0.1) is 0 Å². The fourth-order valence-electron chi connectivity index (χ4n) is 3.54. The Bertz CT molecular complexity index is 583. The molecule has 0 spiro atoms. The van der Waals surface area contributed by atoms with Gasteiger partial charge >= 0.3 is 5.97 Å². The zero-order chi connectivity index (χ0) is 24.0. The molecule has 3 N–H and O–H groups in total. The molecule has 0 radical (unpaired) electrons. The van der Waals surface area contributed by atoms with Gasteiger partial charge < -0.3 is 25.0 Å². The topological polar surface area (TPSA) is 91.3 Å². The smallest absolute Gasteiger partial charge is 0.338 e. The molecule has 1 aromatic rings. The van der Waals surface area contributed by atoms with Crippen LogP contribution in [0.2, 0.25) is 0 Å². The van der Waals surface area contributed by atoms with Gasteiger partial charge in [0.2, 0.25) is 0 Å².